The van der Waals surface area contributed by atoms with Crippen molar-refractivity contribution in [3.8, 4) is 0 Å². The third-order valence-corrected chi connectivity index (χ3v) is 6.10. The van der Waals surface area contributed by atoms with Crippen molar-refractivity contribution in [2.24, 2.45) is 5.92 Å². The summed E-state index contributed by atoms with van der Waals surface area (Å²) in [5.41, 5.74) is 1.79. The number of hydrogen-bond donors (Lipinski definition) is 1. The molecule has 4 rings (SSSR count). The molecule has 2 fully saturated rings. The van der Waals surface area contributed by atoms with Crippen LogP contribution in [0.5, 0.6) is 0 Å². The maximum absolute atomic E-state index is 10.9. The summed E-state index contributed by atoms with van der Waals surface area (Å²) in [6, 6.07) is 7.93. The van der Waals surface area contributed by atoms with Gasteiger partial charge in [-0.3, -0.25) is 0 Å². The van der Waals surface area contributed by atoms with Gasteiger partial charge in [0.25, 0.3) is 0 Å². The Hall–Kier alpha value is -0.970. The Kier molecular flexibility index (Phi) is 3.48. The molecule has 0 radical (unpaired) electrons. The fraction of sp³-hybridized carbons (Fsp3) is 0.529. The molecule has 3 unspecified atom stereocenters. The highest BCUT2D eigenvalue weighted by molar-refractivity contribution is 7.99. The number of para-hydroxylation sites is 1. The molecule has 0 saturated carbocycles. The topological polar surface area (TPSA) is 42.6 Å². The number of thioether (sulfide) groups is 1. The molecule has 2 aliphatic rings. The van der Waals surface area contributed by atoms with Crippen LogP contribution in [0.2, 0.25) is 0 Å². The summed E-state index contributed by atoms with van der Waals surface area (Å²) in [5.74, 6) is 2.51. The summed E-state index contributed by atoms with van der Waals surface area (Å²) in [7, 11) is 0. The van der Waals surface area contributed by atoms with Crippen molar-refractivity contribution in [1.29, 1.82) is 0 Å². The van der Waals surface area contributed by atoms with E-state index in [9.17, 15) is 5.11 Å². The molecular formula is C17H20O3S. The van der Waals surface area contributed by atoms with E-state index in [0.29, 0.717) is 0 Å². The molecule has 1 N–H and O–H groups in total. The van der Waals surface area contributed by atoms with Gasteiger partial charge in [0.05, 0.1) is 18.0 Å². The average Bonchev–Trinajstić information content (AvgIpc) is 3.14. The molecule has 0 amide bonds. The lowest BCUT2D eigenvalue weighted by atomic mass is 9.80. The lowest BCUT2D eigenvalue weighted by molar-refractivity contribution is -0.102. The molecule has 0 bridgehead atoms. The Morgan fingerprint density at radius 3 is 3.10 bits per heavy atom. The van der Waals surface area contributed by atoms with E-state index in [1.807, 2.05) is 36.0 Å². The van der Waals surface area contributed by atoms with E-state index in [4.69, 9.17) is 9.15 Å². The van der Waals surface area contributed by atoms with Crippen LogP contribution in [0.15, 0.2) is 34.9 Å². The molecule has 21 heavy (non-hydrogen) atoms. The van der Waals surface area contributed by atoms with Crippen LogP contribution in [0.1, 0.15) is 30.9 Å². The predicted octanol–water partition coefficient (Wildman–Crippen LogP) is 3.77. The Balaban J connectivity index is 1.60. The van der Waals surface area contributed by atoms with Crippen molar-refractivity contribution >= 4 is 22.7 Å². The SMILES string of the molecule is OC(c1coc2ccccc12)C1CCOC2(CCSC2)C1. The largest absolute Gasteiger partial charge is 0.464 e. The number of hydrogen-bond acceptors (Lipinski definition) is 4. The van der Waals surface area contributed by atoms with Crippen molar-refractivity contribution in [1.82, 2.24) is 0 Å². The first-order chi connectivity index (χ1) is 10.3. The quantitative estimate of drug-likeness (QED) is 0.917. The maximum Gasteiger partial charge on any atom is 0.134 e. The minimum Gasteiger partial charge on any atom is -0.464 e. The molecule has 0 aliphatic carbocycles. The highest BCUT2D eigenvalue weighted by Gasteiger charge is 2.42. The molecule has 1 aromatic heterocycles. The van der Waals surface area contributed by atoms with Gasteiger partial charge in [0.1, 0.15) is 5.58 Å². The molecule has 3 atom stereocenters. The number of fused-ring (bicyclic) bond motifs is 1. The van der Waals surface area contributed by atoms with E-state index < -0.39 is 6.10 Å². The molecule has 4 heteroatoms. The smallest absolute Gasteiger partial charge is 0.134 e. The van der Waals surface area contributed by atoms with Crippen LogP contribution in [0.25, 0.3) is 11.0 Å². The van der Waals surface area contributed by atoms with Gasteiger partial charge in [0.15, 0.2) is 0 Å². The third-order valence-electron chi connectivity index (χ3n) is 4.87. The molecular weight excluding hydrogens is 284 g/mol. The molecule has 1 aromatic carbocycles. The van der Waals surface area contributed by atoms with E-state index >= 15 is 0 Å². The second-order valence-electron chi connectivity index (χ2n) is 6.22. The van der Waals surface area contributed by atoms with Crippen molar-refractivity contribution in [2.75, 3.05) is 18.1 Å². The Labute approximate surface area is 128 Å². The fourth-order valence-electron chi connectivity index (χ4n) is 3.68. The van der Waals surface area contributed by atoms with E-state index in [-0.39, 0.29) is 11.5 Å². The van der Waals surface area contributed by atoms with Crippen molar-refractivity contribution in [3.63, 3.8) is 0 Å². The standard InChI is InChI=1S/C17H20O3S/c18-16(14-10-19-15-4-2-1-3-13(14)15)12-5-7-20-17(9-12)6-8-21-11-17/h1-4,10,12,16,18H,5-9,11H2. The second kappa shape index (κ2) is 5.34. The number of benzene rings is 1. The van der Waals surface area contributed by atoms with Crippen LogP contribution in [-0.4, -0.2) is 28.8 Å². The molecule has 3 nitrogen and oxygen atoms in total. The number of rotatable bonds is 2. The summed E-state index contributed by atoms with van der Waals surface area (Å²) in [6.45, 7) is 0.762. The Morgan fingerprint density at radius 2 is 2.24 bits per heavy atom. The molecule has 2 aliphatic heterocycles. The molecule has 3 heterocycles. The Morgan fingerprint density at radius 1 is 1.33 bits per heavy atom. The highest BCUT2D eigenvalue weighted by atomic mass is 32.2. The van der Waals surface area contributed by atoms with Gasteiger partial charge in [0.2, 0.25) is 0 Å². The van der Waals surface area contributed by atoms with Crippen LogP contribution in [0.4, 0.5) is 0 Å². The van der Waals surface area contributed by atoms with Gasteiger partial charge in [-0.25, -0.2) is 0 Å². The summed E-state index contributed by atoms with van der Waals surface area (Å²) in [6.07, 6.45) is 4.27. The van der Waals surface area contributed by atoms with Gasteiger partial charge in [0, 0.05) is 23.3 Å². The van der Waals surface area contributed by atoms with Crippen molar-refractivity contribution < 1.29 is 14.3 Å². The van der Waals surface area contributed by atoms with Crippen molar-refractivity contribution in [3.05, 3.63) is 36.1 Å². The normalized spacial score (nSPS) is 31.0. The minimum absolute atomic E-state index is 0.00804. The number of aliphatic hydroxyl groups excluding tert-OH is 1. The van der Waals surface area contributed by atoms with E-state index in [2.05, 4.69) is 0 Å². The zero-order valence-electron chi connectivity index (χ0n) is 12.0. The number of aliphatic hydroxyl groups is 1. The summed E-state index contributed by atoms with van der Waals surface area (Å²) in [5, 5.41) is 11.9. The van der Waals surface area contributed by atoms with Crippen LogP contribution < -0.4 is 0 Å². The molecule has 112 valence electrons. The first-order valence-corrected chi connectivity index (χ1v) is 8.79. The van der Waals surface area contributed by atoms with Gasteiger partial charge in [-0.1, -0.05) is 18.2 Å². The van der Waals surface area contributed by atoms with E-state index in [1.165, 1.54) is 5.75 Å². The zero-order valence-corrected chi connectivity index (χ0v) is 12.8. The Bertz CT molecular complexity index is 630. The fourth-order valence-corrected chi connectivity index (χ4v) is 5.06. The van der Waals surface area contributed by atoms with Crippen LogP contribution in [-0.2, 0) is 4.74 Å². The summed E-state index contributed by atoms with van der Waals surface area (Å²) in [4.78, 5) is 0. The highest BCUT2D eigenvalue weighted by Crippen LogP contribution is 2.45. The van der Waals surface area contributed by atoms with E-state index in [1.54, 1.807) is 6.26 Å². The van der Waals surface area contributed by atoms with Gasteiger partial charge in [-0.2, -0.15) is 11.8 Å². The minimum atomic E-state index is -0.458. The number of furan rings is 1. The predicted molar refractivity (Wildman–Crippen MR) is 84.5 cm³/mol. The van der Waals surface area contributed by atoms with Crippen LogP contribution in [0, 0.1) is 5.92 Å². The molecule has 2 saturated heterocycles. The number of ether oxygens (including phenoxy) is 1. The monoisotopic (exact) mass is 304 g/mol. The molecule has 1 spiro atoms. The summed E-state index contributed by atoms with van der Waals surface area (Å²) < 4.78 is 11.6. The van der Waals surface area contributed by atoms with Gasteiger partial charge in [-0.05, 0) is 37.0 Å². The lowest BCUT2D eigenvalue weighted by Crippen LogP contribution is -2.41. The maximum atomic E-state index is 10.9. The van der Waals surface area contributed by atoms with Crippen LogP contribution in [0.3, 0.4) is 0 Å². The van der Waals surface area contributed by atoms with Gasteiger partial charge >= 0.3 is 0 Å². The van der Waals surface area contributed by atoms with E-state index in [0.717, 1.165) is 48.2 Å². The summed E-state index contributed by atoms with van der Waals surface area (Å²) >= 11 is 1.97. The third kappa shape index (κ3) is 2.39. The van der Waals surface area contributed by atoms with Crippen LogP contribution >= 0.6 is 11.8 Å². The van der Waals surface area contributed by atoms with Gasteiger partial charge in [-0.15, -0.1) is 0 Å². The first-order valence-electron chi connectivity index (χ1n) is 7.63. The first kappa shape index (κ1) is 13.7. The lowest BCUT2D eigenvalue weighted by Gasteiger charge is -2.39. The zero-order chi connectivity index (χ0) is 14.3. The van der Waals surface area contributed by atoms with Gasteiger partial charge < -0.3 is 14.3 Å². The molecule has 2 aromatic rings. The van der Waals surface area contributed by atoms with Crippen molar-refractivity contribution in [2.45, 2.75) is 31.0 Å². The second-order valence-corrected chi connectivity index (χ2v) is 7.32. The average molecular weight is 304 g/mol.